The van der Waals surface area contributed by atoms with Crippen LogP contribution in [0.2, 0.25) is 0 Å². The highest BCUT2D eigenvalue weighted by molar-refractivity contribution is 5.78. The van der Waals surface area contributed by atoms with Crippen molar-refractivity contribution in [1.82, 2.24) is 15.5 Å². The highest BCUT2D eigenvalue weighted by Gasteiger charge is 2.26. The number of piperidine rings is 1. The van der Waals surface area contributed by atoms with Crippen molar-refractivity contribution in [2.75, 3.05) is 60.2 Å². The van der Waals surface area contributed by atoms with Gasteiger partial charge in [-0.05, 0) is 43.6 Å². The first kappa shape index (κ1) is 19.9. The second kappa shape index (κ2) is 9.92. The fourth-order valence-corrected chi connectivity index (χ4v) is 3.83. The normalized spacial score (nSPS) is 20.1. The molecule has 150 valence electrons. The van der Waals surface area contributed by atoms with Crippen LogP contribution in [0.1, 0.15) is 24.4 Å². The molecule has 1 atom stereocenters. The molecule has 2 saturated heterocycles. The summed E-state index contributed by atoms with van der Waals surface area (Å²) in [6.45, 7) is 5.54. The molecule has 27 heavy (non-hydrogen) atoms. The van der Waals surface area contributed by atoms with Crippen molar-refractivity contribution >= 4 is 5.91 Å². The number of rotatable bonds is 7. The summed E-state index contributed by atoms with van der Waals surface area (Å²) in [4.78, 5) is 15.0. The summed E-state index contributed by atoms with van der Waals surface area (Å²) in [5.74, 6) is 1.69. The smallest absolute Gasteiger partial charge is 0.223 e. The molecule has 1 amide bonds. The van der Waals surface area contributed by atoms with Gasteiger partial charge in [0.05, 0.1) is 33.5 Å². The third-order valence-electron chi connectivity index (χ3n) is 5.46. The fraction of sp³-hybridized carbons (Fsp3) is 0.650. The van der Waals surface area contributed by atoms with E-state index in [9.17, 15) is 4.79 Å². The van der Waals surface area contributed by atoms with E-state index in [1.807, 2.05) is 12.1 Å². The summed E-state index contributed by atoms with van der Waals surface area (Å²) in [5, 5.41) is 6.50. The van der Waals surface area contributed by atoms with Gasteiger partial charge in [-0.15, -0.1) is 0 Å². The molecule has 1 unspecified atom stereocenters. The Morgan fingerprint density at radius 2 is 1.93 bits per heavy atom. The third-order valence-corrected chi connectivity index (χ3v) is 5.46. The number of carbonyl (C=O) groups is 1. The molecule has 0 bridgehead atoms. The minimum absolute atomic E-state index is 0.0828. The minimum Gasteiger partial charge on any atom is -0.493 e. The van der Waals surface area contributed by atoms with E-state index in [2.05, 4.69) is 21.6 Å². The quantitative estimate of drug-likeness (QED) is 0.744. The number of methoxy groups -OCH3 is 2. The molecule has 7 nitrogen and oxygen atoms in total. The lowest BCUT2D eigenvalue weighted by atomic mass is 9.97. The predicted octanol–water partition coefficient (Wildman–Crippen LogP) is 1.19. The Hall–Kier alpha value is -1.83. The van der Waals surface area contributed by atoms with Gasteiger partial charge in [-0.3, -0.25) is 9.69 Å². The van der Waals surface area contributed by atoms with Gasteiger partial charge in [-0.2, -0.15) is 0 Å². The molecule has 0 saturated carbocycles. The van der Waals surface area contributed by atoms with E-state index >= 15 is 0 Å². The van der Waals surface area contributed by atoms with Crippen molar-refractivity contribution < 1.29 is 19.0 Å². The Morgan fingerprint density at radius 1 is 1.22 bits per heavy atom. The second-order valence-electron chi connectivity index (χ2n) is 7.05. The molecule has 0 radical (unpaired) electrons. The molecule has 0 aromatic heterocycles. The van der Waals surface area contributed by atoms with Crippen LogP contribution in [-0.2, 0) is 9.53 Å². The second-order valence-corrected chi connectivity index (χ2v) is 7.05. The van der Waals surface area contributed by atoms with Crippen molar-refractivity contribution in [1.29, 1.82) is 0 Å². The van der Waals surface area contributed by atoms with E-state index in [1.165, 1.54) is 0 Å². The minimum atomic E-state index is 0.0828. The number of nitrogens with zero attached hydrogens (tertiary/aromatic N) is 1. The summed E-state index contributed by atoms with van der Waals surface area (Å²) in [7, 11) is 3.28. The van der Waals surface area contributed by atoms with Gasteiger partial charge < -0.3 is 24.8 Å². The predicted molar refractivity (Wildman–Crippen MR) is 103 cm³/mol. The van der Waals surface area contributed by atoms with Crippen LogP contribution < -0.4 is 20.1 Å². The molecule has 2 fully saturated rings. The Morgan fingerprint density at radius 3 is 2.59 bits per heavy atom. The monoisotopic (exact) mass is 377 g/mol. The maximum atomic E-state index is 12.6. The van der Waals surface area contributed by atoms with Gasteiger partial charge in [0.1, 0.15) is 0 Å². The van der Waals surface area contributed by atoms with Crippen molar-refractivity contribution in [3.63, 3.8) is 0 Å². The molecule has 2 aliphatic heterocycles. The number of hydrogen-bond acceptors (Lipinski definition) is 6. The van der Waals surface area contributed by atoms with Crippen LogP contribution in [0.5, 0.6) is 11.5 Å². The van der Waals surface area contributed by atoms with Crippen LogP contribution in [0, 0.1) is 5.92 Å². The molecule has 2 aliphatic rings. The highest BCUT2D eigenvalue weighted by Crippen LogP contribution is 2.32. The van der Waals surface area contributed by atoms with E-state index in [0.717, 1.165) is 44.6 Å². The van der Waals surface area contributed by atoms with Crippen LogP contribution in [0.3, 0.4) is 0 Å². The summed E-state index contributed by atoms with van der Waals surface area (Å²) >= 11 is 0. The molecule has 7 heteroatoms. The zero-order valence-electron chi connectivity index (χ0n) is 16.3. The topological polar surface area (TPSA) is 72.1 Å². The lowest BCUT2D eigenvalue weighted by Crippen LogP contribution is -2.45. The lowest BCUT2D eigenvalue weighted by molar-refractivity contribution is -0.126. The zero-order valence-corrected chi connectivity index (χ0v) is 16.3. The molecule has 3 rings (SSSR count). The lowest BCUT2D eigenvalue weighted by Gasteiger charge is -2.35. The summed E-state index contributed by atoms with van der Waals surface area (Å²) in [6, 6.07) is 6.07. The van der Waals surface area contributed by atoms with Crippen LogP contribution in [-0.4, -0.2) is 71.0 Å². The molecular weight excluding hydrogens is 346 g/mol. The SMILES string of the molecule is COc1ccc(C(CNC(=O)C2CCNCC2)N2CCOCC2)cc1OC. The first-order chi connectivity index (χ1) is 13.2. The van der Waals surface area contributed by atoms with Crippen LogP contribution in [0.4, 0.5) is 0 Å². The van der Waals surface area contributed by atoms with E-state index in [1.54, 1.807) is 14.2 Å². The van der Waals surface area contributed by atoms with Crippen molar-refractivity contribution in [2.45, 2.75) is 18.9 Å². The van der Waals surface area contributed by atoms with Gasteiger partial charge in [0.25, 0.3) is 0 Å². The number of nitrogens with one attached hydrogen (secondary N) is 2. The summed E-state index contributed by atoms with van der Waals surface area (Å²) in [5.41, 5.74) is 1.11. The number of ether oxygens (including phenoxy) is 3. The largest absolute Gasteiger partial charge is 0.493 e. The Balaban J connectivity index is 1.73. The fourth-order valence-electron chi connectivity index (χ4n) is 3.83. The number of morpholine rings is 1. The average Bonchev–Trinajstić information content (AvgIpc) is 2.75. The van der Waals surface area contributed by atoms with E-state index < -0.39 is 0 Å². The number of amides is 1. The molecule has 2 N–H and O–H groups in total. The van der Waals surface area contributed by atoms with Gasteiger partial charge in [0.2, 0.25) is 5.91 Å². The van der Waals surface area contributed by atoms with Gasteiger partial charge in [-0.25, -0.2) is 0 Å². The molecule has 0 spiro atoms. The maximum absolute atomic E-state index is 12.6. The molecule has 1 aromatic rings. The van der Waals surface area contributed by atoms with Gasteiger partial charge in [0, 0.05) is 25.6 Å². The van der Waals surface area contributed by atoms with Gasteiger partial charge in [-0.1, -0.05) is 6.07 Å². The van der Waals surface area contributed by atoms with E-state index in [4.69, 9.17) is 14.2 Å². The van der Waals surface area contributed by atoms with Crippen molar-refractivity contribution in [3.05, 3.63) is 23.8 Å². The molecular formula is C20H31N3O4. The van der Waals surface area contributed by atoms with Crippen LogP contribution >= 0.6 is 0 Å². The maximum Gasteiger partial charge on any atom is 0.223 e. The van der Waals surface area contributed by atoms with Gasteiger partial charge >= 0.3 is 0 Å². The first-order valence-corrected chi connectivity index (χ1v) is 9.75. The van der Waals surface area contributed by atoms with Gasteiger partial charge in [0.15, 0.2) is 11.5 Å². The van der Waals surface area contributed by atoms with Crippen LogP contribution in [0.25, 0.3) is 0 Å². The summed E-state index contributed by atoms with van der Waals surface area (Å²) in [6.07, 6.45) is 1.81. The number of carbonyl (C=O) groups excluding carboxylic acids is 1. The standard InChI is InChI=1S/C20H31N3O4/c1-25-18-4-3-16(13-19(18)26-2)17(23-9-11-27-12-10-23)14-22-20(24)15-5-7-21-8-6-15/h3-4,13,15,17,21H,5-12,14H2,1-2H3,(H,22,24). The number of benzene rings is 1. The van der Waals surface area contributed by atoms with E-state index in [0.29, 0.717) is 31.3 Å². The van der Waals surface area contributed by atoms with Crippen molar-refractivity contribution in [2.24, 2.45) is 5.92 Å². The number of hydrogen-bond donors (Lipinski definition) is 2. The average molecular weight is 377 g/mol. The van der Waals surface area contributed by atoms with E-state index in [-0.39, 0.29) is 17.9 Å². The highest BCUT2D eigenvalue weighted by atomic mass is 16.5. The molecule has 2 heterocycles. The first-order valence-electron chi connectivity index (χ1n) is 9.75. The third kappa shape index (κ3) is 5.12. The summed E-state index contributed by atoms with van der Waals surface area (Å²) < 4.78 is 16.3. The van der Waals surface area contributed by atoms with Crippen LogP contribution in [0.15, 0.2) is 18.2 Å². The Kier molecular flexibility index (Phi) is 7.32. The molecule has 1 aromatic carbocycles. The van der Waals surface area contributed by atoms with Crippen molar-refractivity contribution in [3.8, 4) is 11.5 Å². The molecule has 0 aliphatic carbocycles. The Labute approximate surface area is 161 Å². The Bertz CT molecular complexity index is 613. The zero-order chi connectivity index (χ0) is 19.1.